The smallest absolute Gasteiger partial charge is 0.279 e. The van der Waals surface area contributed by atoms with Crippen LogP contribution in [0.15, 0.2) is 47.6 Å². The number of hydrogen-bond acceptors (Lipinski definition) is 9. The Labute approximate surface area is 197 Å². The highest BCUT2D eigenvalue weighted by atomic mass is 35.5. The Morgan fingerprint density at radius 1 is 1.21 bits per heavy atom. The largest absolute Gasteiger partial charge is 0.383 e. The first kappa shape index (κ1) is 24.4. The first-order valence-corrected chi connectivity index (χ1v) is 11.8. The van der Waals surface area contributed by atoms with Gasteiger partial charge in [0.15, 0.2) is 10.9 Å². The van der Waals surface area contributed by atoms with Crippen molar-refractivity contribution in [2.45, 2.75) is 11.9 Å². The predicted molar refractivity (Wildman–Crippen MR) is 131 cm³/mol. The van der Waals surface area contributed by atoms with E-state index in [0.717, 1.165) is 6.54 Å². The zero-order valence-electron chi connectivity index (χ0n) is 18.4. The highest BCUT2D eigenvalue weighted by Gasteiger charge is 2.19. The van der Waals surface area contributed by atoms with Gasteiger partial charge in [-0.05, 0) is 51.4 Å². The molecule has 0 amide bonds. The topological polar surface area (TPSA) is 150 Å². The number of hydrogen-bond donors (Lipinski definition) is 4. The molecule has 0 saturated carbocycles. The van der Waals surface area contributed by atoms with Crippen molar-refractivity contribution in [1.29, 1.82) is 5.41 Å². The van der Waals surface area contributed by atoms with Gasteiger partial charge in [-0.15, -0.1) is 0 Å². The average Bonchev–Trinajstić information content (AvgIpc) is 2.75. The number of pyridine rings is 1. The number of likely N-dealkylation sites (N-methyl/N-ethyl adjacent to an activating group) is 1. The zero-order valence-corrected chi connectivity index (χ0v) is 20.0. The third-order valence-corrected chi connectivity index (χ3v) is 6.14. The Morgan fingerprint density at radius 2 is 1.97 bits per heavy atom. The first-order valence-electron chi connectivity index (χ1n) is 9.94. The van der Waals surface area contributed by atoms with Gasteiger partial charge in [-0.1, -0.05) is 17.7 Å². The van der Waals surface area contributed by atoms with Gasteiger partial charge in [0, 0.05) is 30.6 Å². The monoisotopic (exact) mass is 488 g/mol. The molecule has 3 rings (SSSR count). The average molecular weight is 489 g/mol. The number of halogens is 1. The van der Waals surface area contributed by atoms with E-state index in [1.54, 1.807) is 31.2 Å². The summed E-state index contributed by atoms with van der Waals surface area (Å²) < 4.78 is 27.5. The van der Waals surface area contributed by atoms with Crippen molar-refractivity contribution in [3.63, 3.8) is 0 Å². The van der Waals surface area contributed by atoms with Crippen molar-refractivity contribution >= 4 is 44.7 Å². The van der Waals surface area contributed by atoms with Gasteiger partial charge in [-0.2, -0.15) is 8.42 Å². The molecule has 174 valence electrons. The molecule has 0 bridgehead atoms. The summed E-state index contributed by atoms with van der Waals surface area (Å²) in [5, 5.41) is 11.3. The highest BCUT2D eigenvalue weighted by Crippen LogP contribution is 2.31. The minimum absolute atomic E-state index is 0.118. The van der Waals surface area contributed by atoms with Gasteiger partial charge in [0.2, 0.25) is 0 Å². The fraction of sp³-hybridized carbons (Fsp3) is 0.238. The molecule has 3 aromatic rings. The zero-order chi connectivity index (χ0) is 24.2. The van der Waals surface area contributed by atoms with Crippen LogP contribution in [0.25, 0.3) is 11.4 Å². The Hall–Kier alpha value is -3.28. The van der Waals surface area contributed by atoms with Crippen LogP contribution >= 0.6 is 11.6 Å². The van der Waals surface area contributed by atoms with E-state index >= 15 is 0 Å². The molecule has 0 spiro atoms. The molecule has 0 saturated heterocycles. The van der Waals surface area contributed by atoms with Gasteiger partial charge >= 0.3 is 0 Å². The van der Waals surface area contributed by atoms with E-state index in [1.165, 1.54) is 18.3 Å². The molecular weight excluding hydrogens is 464 g/mol. The first-order chi connectivity index (χ1) is 15.6. The van der Waals surface area contributed by atoms with Gasteiger partial charge in [0.25, 0.3) is 10.0 Å². The SMILES string of the molecule is CC(=N)c1c(N)nc(-c2ccc(NS(=O)(=O)c3ccccn3)c(Cl)c2)nc1NCCN(C)C. The van der Waals surface area contributed by atoms with Crippen LogP contribution in [-0.2, 0) is 10.0 Å². The number of nitrogen functional groups attached to an aromatic ring is 1. The second kappa shape index (κ2) is 10.1. The Balaban J connectivity index is 1.92. The van der Waals surface area contributed by atoms with Crippen molar-refractivity contribution in [2.75, 3.05) is 43.0 Å². The third-order valence-electron chi connectivity index (χ3n) is 4.55. The number of benzene rings is 1. The van der Waals surface area contributed by atoms with Crippen LogP contribution in [0, 0.1) is 5.41 Å². The molecule has 0 aliphatic carbocycles. The molecule has 33 heavy (non-hydrogen) atoms. The fourth-order valence-electron chi connectivity index (χ4n) is 2.94. The summed E-state index contributed by atoms with van der Waals surface area (Å²) in [5.74, 6) is 0.907. The second-order valence-electron chi connectivity index (χ2n) is 7.48. The van der Waals surface area contributed by atoms with Crippen molar-refractivity contribution < 1.29 is 8.42 Å². The maximum Gasteiger partial charge on any atom is 0.279 e. The Bertz CT molecular complexity index is 1270. The molecule has 0 aliphatic rings. The van der Waals surface area contributed by atoms with Gasteiger partial charge < -0.3 is 21.4 Å². The Morgan fingerprint density at radius 3 is 2.58 bits per heavy atom. The summed E-state index contributed by atoms with van der Waals surface area (Å²) >= 11 is 6.36. The summed E-state index contributed by atoms with van der Waals surface area (Å²) in [6, 6.07) is 9.30. The number of sulfonamides is 1. The molecule has 0 fully saturated rings. The Kier molecular flexibility index (Phi) is 7.46. The molecule has 5 N–H and O–H groups in total. The number of nitrogens with two attached hydrogens (primary N) is 1. The highest BCUT2D eigenvalue weighted by molar-refractivity contribution is 7.92. The van der Waals surface area contributed by atoms with Crippen molar-refractivity contribution in [2.24, 2.45) is 0 Å². The fourth-order valence-corrected chi connectivity index (χ4v) is 4.26. The summed E-state index contributed by atoms with van der Waals surface area (Å²) in [7, 11) is 0.0148. The molecule has 0 radical (unpaired) electrons. The van der Waals surface area contributed by atoms with Crippen molar-refractivity contribution in [3.05, 3.63) is 53.2 Å². The second-order valence-corrected chi connectivity index (χ2v) is 9.52. The van der Waals surface area contributed by atoms with Crippen molar-refractivity contribution in [3.8, 4) is 11.4 Å². The molecular formula is C21H25ClN8O2S. The number of nitrogens with one attached hydrogen (secondary N) is 3. The van der Waals surface area contributed by atoms with E-state index in [4.69, 9.17) is 22.7 Å². The van der Waals surface area contributed by atoms with Crippen LogP contribution in [0.3, 0.4) is 0 Å². The van der Waals surface area contributed by atoms with Crippen LogP contribution in [-0.4, -0.2) is 61.2 Å². The summed E-state index contributed by atoms with van der Waals surface area (Å²) in [4.78, 5) is 14.8. The molecule has 2 aromatic heterocycles. The molecule has 0 aliphatic heterocycles. The van der Waals surface area contributed by atoms with E-state index in [9.17, 15) is 8.42 Å². The lowest BCUT2D eigenvalue weighted by Gasteiger charge is -2.16. The van der Waals surface area contributed by atoms with Crippen molar-refractivity contribution in [1.82, 2.24) is 19.9 Å². The minimum Gasteiger partial charge on any atom is -0.383 e. The van der Waals surface area contributed by atoms with Crippen LogP contribution < -0.4 is 15.8 Å². The number of nitrogens with zero attached hydrogens (tertiary/aromatic N) is 4. The lowest BCUT2D eigenvalue weighted by atomic mass is 10.1. The maximum absolute atomic E-state index is 12.5. The lowest BCUT2D eigenvalue weighted by Crippen LogP contribution is -2.22. The number of anilines is 3. The molecule has 0 unspecified atom stereocenters. The predicted octanol–water partition coefficient (Wildman–Crippen LogP) is 2.94. The molecule has 1 aromatic carbocycles. The molecule has 10 nitrogen and oxygen atoms in total. The quantitative estimate of drug-likeness (QED) is 0.336. The summed E-state index contributed by atoms with van der Waals surface area (Å²) in [5.41, 5.74) is 7.54. The third kappa shape index (κ3) is 5.95. The van der Waals surface area contributed by atoms with E-state index in [0.29, 0.717) is 29.3 Å². The van der Waals surface area contributed by atoms with Gasteiger partial charge in [-0.25, -0.2) is 15.0 Å². The standard InChI is InChI=1S/C21H25ClN8O2S/c1-13(23)18-19(24)27-20(28-21(18)26-10-11-30(2)3)14-7-8-16(15(22)12-14)29-33(31,32)17-6-4-5-9-25-17/h4-9,12,23,29H,10-11H2,1-3H3,(H3,24,26,27,28). The number of rotatable bonds is 9. The van der Waals surface area contributed by atoms with Crippen LogP contribution in [0.2, 0.25) is 5.02 Å². The van der Waals surface area contributed by atoms with E-state index in [2.05, 4.69) is 25.0 Å². The van der Waals surface area contributed by atoms with Crippen LogP contribution in [0.5, 0.6) is 0 Å². The lowest BCUT2D eigenvalue weighted by molar-refractivity contribution is 0.425. The molecule has 12 heteroatoms. The van der Waals surface area contributed by atoms with E-state index in [1.807, 2.05) is 19.0 Å². The summed E-state index contributed by atoms with van der Waals surface area (Å²) in [6.45, 7) is 2.97. The van der Waals surface area contributed by atoms with Gasteiger partial charge in [0.05, 0.1) is 16.3 Å². The normalized spacial score (nSPS) is 11.4. The van der Waals surface area contributed by atoms with Gasteiger partial charge in [0.1, 0.15) is 11.6 Å². The number of aromatic nitrogens is 3. The van der Waals surface area contributed by atoms with Crippen LogP contribution in [0.1, 0.15) is 12.5 Å². The van der Waals surface area contributed by atoms with Crippen LogP contribution in [0.4, 0.5) is 17.3 Å². The van der Waals surface area contributed by atoms with E-state index < -0.39 is 10.0 Å². The molecule has 2 heterocycles. The summed E-state index contributed by atoms with van der Waals surface area (Å²) in [6.07, 6.45) is 1.39. The van der Waals surface area contributed by atoms with E-state index in [-0.39, 0.29) is 27.3 Å². The minimum atomic E-state index is -3.89. The maximum atomic E-state index is 12.5. The molecule has 0 atom stereocenters. The van der Waals surface area contributed by atoms with Gasteiger partial charge in [-0.3, -0.25) is 4.72 Å².